The van der Waals surface area contributed by atoms with E-state index in [4.69, 9.17) is 5.73 Å². The number of anilines is 2. The van der Waals surface area contributed by atoms with E-state index >= 15 is 0 Å². The van der Waals surface area contributed by atoms with Crippen LogP contribution in [0.15, 0.2) is 6.07 Å². The minimum Gasteiger partial charge on any atom is -0.368 e. The second-order valence-corrected chi connectivity index (χ2v) is 5.45. The first kappa shape index (κ1) is 10.7. The van der Waals surface area contributed by atoms with Crippen molar-refractivity contribution in [2.24, 2.45) is 0 Å². The van der Waals surface area contributed by atoms with E-state index in [9.17, 15) is 0 Å². The molecule has 2 aromatic rings. The highest BCUT2D eigenvalue weighted by Gasteiger charge is 2.17. The summed E-state index contributed by atoms with van der Waals surface area (Å²) >= 11 is 1.67. The van der Waals surface area contributed by atoms with Crippen molar-refractivity contribution in [3.8, 4) is 0 Å². The number of nitrogens with two attached hydrogens (primary N) is 1. The fourth-order valence-electron chi connectivity index (χ4n) is 2.16. The van der Waals surface area contributed by atoms with Crippen molar-refractivity contribution in [3.63, 3.8) is 0 Å². The average molecular weight is 249 g/mol. The van der Waals surface area contributed by atoms with Crippen molar-refractivity contribution in [3.05, 3.63) is 10.9 Å². The predicted octanol–water partition coefficient (Wildman–Crippen LogP) is 0.992. The molecule has 5 nitrogen and oxygen atoms in total. The van der Waals surface area contributed by atoms with Gasteiger partial charge in [0.2, 0.25) is 5.95 Å². The molecule has 3 rings (SSSR count). The van der Waals surface area contributed by atoms with Gasteiger partial charge in [-0.05, 0) is 13.0 Å². The molecule has 1 fully saturated rings. The van der Waals surface area contributed by atoms with Crippen LogP contribution < -0.4 is 16.0 Å². The zero-order valence-corrected chi connectivity index (χ0v) is 10.5. The summed E-state index contributed by atoms with van der Waals surface area (Å²) in [6.45, 7) is 6.02. The second-order valence-electron chi connectivity index (χ2n) is 4.22. The number of rotatable bonds is 1. The highest BCUT2D eigenvalue weighted by molar-refractivity contribution is 7.18. The van der Waals surface area contributed by atoms with Gasteiger partial charge < -0.3 is 16.0 Å². The lowest BCUT2D eigenvalue weighted by Gasteiger charge is -2.28. The van der Waals surface area contributed by atoms with Crippen LogP contribution in [0.3, 0.4) is 0 Å². The summed E-state index contributed by atoms with van der Waals surface area (Å²) < 4.78 is 0. The summed E-state index contributed by atoms with van der Waals surface area (Å²) in [4.78, 5) is 13.2. The van der Waals surface area contributed by atoms with Crippen molar-refractivity contribution in [2.45, 2.75) is 6.92 Å². The van der Waals surface area contributed by atoms with Gasteiger partial charge in [0.15, 0.2) is 0 Å². The highest BCUT2D eigenvalue weighted by atomic mass is 32.1. The minimum atomic E-state index is 0.368. The van der Waals surface area contributed by atoms with Gasteiger partial charge >= 0.3 is 0 Å². The van der Waals surface area contributed by atoms with E-state index in [1.54, 1.807) is 11.3 Å². The van der Waals surface area contributed by atoms with Crippen LogP contribution in [0.25, 0.3) is 10.2 Å². The lowest BCUT2D eigenvalue weighted by atomic mass is 10.3. The molecule has 3 N–H and O–H groups in total. The molecule has 0 spiro atoms. The van der Waals surface area contributed by atoms with Gasteiger partial charge in [-0.25, -0.2) is 4.98 Å². The topological polar surface area (TPSA) is 67.1 Å². The quantitative estimate of drug-likeness (QED) is 0.789. The minimum absolute atomic E-state index is 0.368. The molecule has 0 aliphatic carbocycles. The number of aromatic nitrogens is 2. The van der Waals surface area contributed by atoms with Crippen molar-refractivity contribution in [1.29, 1.82) is 0 Å². The van der Waals surface area contributed by atoms with Gasteiger partial charge in [-0.15, -0.1) is 11.3 Å². The van der Waals surface area contributed by atoms with Crippen LogP contribution in [-0.2, 0) is 0 Å². The van der Waals surface area contributed by atoms with Crippen molar-refractivity contribution < 1.29 is 0 Å². The molecule has 0 amide bonds. The third-order valence-electron chi connectivity index (χ3n) is 2.93. The van der Waals surface area contributed by atoms with Gasteiger partial charge in [-0.2, -0.15) is 4.98 Å². The number of aryl methyl sites for hydroxylation is 1. The van der Waals surface area contributed by atoms with E-state index < -0.39 is 0 Å². The number of nitrogens with zero attached hydrogens (tertiary/aromatic N) is 3. The highest BCUT2D eigenvalue weighted by Crippen LogP contribution is 2.31. The molecule has 0 atom stereocenters. The lowest BCUT2D eigenvalue weighted by Crippen LogP contribution is -2.44. The summed E-state index contributed by atoms with van der Waals surface area (Å²) in [5, 5.41) is 4.47. The van der Waals surface area contributed by atoms with Gasteiger partial charge in [0.1, 0.15) is 10.6 Å². The molecule has 0 bridgehead atoms. The third kappa shape index (κ3) is 1.94. The van der Waals surface area contributed by atoms with Crippen LogP contribution in [0, 0.1) is 6.92 Å². The number of piperazine rings is 1. The molecule has 90 valence electrons. The Kier molecular flexibility index (Phi) is 2.60. The number of fused-ring (bicyclic) bond motifs is 1. The standard InChI is InChI=1S/C11H15N5S/c1-7-6-8-9(16-4-2-13-3-5-16)14-11(12)15-10(8)17-7/h6,13H,2-5H2,1H3,(H2,12,14,15). The molecule has 3 heterocycles. The maximum absolute atomic E-state index is 5.78. The third-order valence-corrected chi connectivity index (χ3v) is 3.87. The number of hydrogen-bond acceptors (Lipinski definition) is 6. The summed E-state index contributed by atoms with van der Waals surface area (Å²) in [6.07, 6.45) is 0. The molecule has 17 heavy (non-hydrogen) atoms. The Hall–Kier alpha value is -1.40. The first-order valence-electron chi connectivity index (χ1n) is 5.73. The van der Waals surface area contributed by atoms with Gasteiger partial charge in [0, 0.05) is 31.1 Å². The average Bonchev–Trinajstić information content (AvgIpc) is 2.69. The number of nitrogens with one attached hydrogen (secondary N) is 1. The first-order valence-corrected chi connectivity index (χ1v) is 6.55. The Bertz CT molecular complexity index is 544. The molecular formula is C11H15N5S. The normalized spacial score (nSPS) is 16.6. The van der Waals surface area contributed by atoms with E-state index in [1.807, 2.05) is 0 Å². The van der Waals surface area contributed by atoms with Crippen molar-refractivity contribution >= 4 is 33.3 Å². The van der Waals surface area contributed by atoms with Gasteiger partial charge in [0.05, 0.1) is 5.39 Å². The molecule has 0 saturated carbocycles. The number of hydrogen-bond donors (Lipinski definition) is 2. The summed E-state index contributed by atoms with van der Waals surface area (Å²) in [6, 6.07) is 2.15. The summed E-state index contributed by atoms with van der Waals surface area (Å²) in [5.41, 5.74) is 5.78. The van der Waals surface area contributed by atoms with Crippen molar-refractivity contribution in [2.75, 3.05) is 36.8 Å². The maximum Gasteiger partial charge on any atom is 0.223 e. The van der Waals surface area contributed by atoms with E-state index in [0.29, 0.717) is 5.95 Å². The summed E-state index contributed by atoms with van der Waals surface area (Å²) in [7, 11) is 0. The number of thiophene rings is 1. The lowest BCUT2D eigenvalue weighted by molar-refractivity contribution is 0.586. The predicted molar refractivity (Wildman–Crippen MR) is 71.6 cm³/mol. The fraction of sp³-hybridized carbons (Fsp3) is 0.455. The Morgan fingerprint density at radius 2 is 2.12 bits per heavy atom. The largest absolute Gasteiger partial charge is 0.368 e. The van der Waals surface area contributed by atoms with E-state index in [1.165, 1.54) is 4.88 Å². The monoisotopic (exact) mass is 249 g/mol. The Morgan fingerprint density at radius 1 is 1.35 bits per heavy atom. The SMILES string of the molecule is Cc1cc2c(N3CCNCC3)nc(N)nc2s1. The molecule has 0 radical (unpaired) electrons. The second kappa shape index (κ2) is 4.12. The molecule has 1 saturated heterocycles. The molecule has 0 aromatic carbocycles. The zero-order valence-electron chi connectivity index (χ0n) is 9.73. The van der Waals surface area contributed by atoms with Crippen LogP contribution >= 0.6 is 11.3 Å². The molecule has 0 unspecified atom stereocenters. The molecule has 1 aliphatic heterocycles. The maximum atomic E-state index is 5.78. The fourth-order valence-corrected chi connectivity index (χ4v) is 3.04. The van der Waals surface area contributed by atoms with Crippen molar-refractivity contribution in [1.82, 2.24) is 15.3 Å². The molecule has 2 aromatic heterocycles. The van der Waals surface area contributed by atoms with Crippen LogP contribution in [0.5, 0.6) is 0 Å². The van der Waals surface area contributed by atoms with Gasteiger partial charge in [0.25, 0.3) is 0 Å². The Balaban J connectivity index is 2.12. The Morgan fingerprint density at radius 3 is 2.88 bits per heavy atom. The first-order chi connectivity index (χ1) is 8.24. The molecule has 6 heteroatoms. The zero-order chi connectivity index (χ0) is 11.8. The van der Waals surface area contributed by atoms with Crippen LogP contribution in [0.1, 0.15) is 4.88 Å². The van der Waals surface area contributed by atoms with Crippen LogP contribution in [0.4, 0.5) is 11.8 Å². The summed E-state index contributed by atoms with van der Waals surface area (Å²) in [5.74, 6) is 1.35. The smallest absolute Gasteiger partial charge is 0.223 e. The van der Waals surface area contributed by atoms with E-state index in [0.717, 1.165) is 42.2 Å². The molecular weight excluding hydrogens is 234 g/mol. The van der Waals surface area contributed by atoms with Crippen LogP contribution in [0.2, 0.25) is 0 Å². The van der Waals surface area contributed by atoms with E-state index in [2.05, 4.69) is 33.2 Å². The number of nitrogen functional groups attached to an aromatic ring is 1. The Labute approximate surface area is 104 Å². The van der Waals surface area contributed by atoms with Gasteiger partial charge in [-0.3, -0.25) is 0 Å². The molecule has 1 aliphatic rings. The van der Waals surface area contributed by atoms with Gasteiger partial charge in [-0.1, -0.05) is 0 Å². The van der Waals surface area contributed by atoms with Crippen LogP contribution in [-0.4, -0.2) is 36.1 Å². The van der Waals surface area contributed by atoms with E-state index in [-0.39, 0.29) is 0 Å².